The molecule has 0 aromatic carbocycles. The first-order valence-electron chi connectivity index (χ1n) is 5.83. The second kappa shape index (κ2) is 7.18. The molecule has 10 nitrogen and oxygen atoms in total. The fourth-order valence-corrected chi connectivity index (χ4v) is 4.67. The van der Waals surface area contributed by atoms with Gasteiger partial charge in [-0.05, 0) is 0 Å². The summed E-state index contributed by atoms with van der Waals surface area (Å²) in [6, 6.07) is 0. The Labute approximate surface area is 151 Å². The standard InChI is InChI=1S/C7H8F8N2O8S3/c1-26(20,21)17-28(24,25)7(14,15)5(10,11)6(12,13)27(22,23)16-2-4(8,9)3(18)19/h16-17H,2H2,1H3,(H,18,19). The first-order chi connectivity index (χ1) is 11.9. The van der Waals surface area contributed by atoms with Gasteiger partial charge in [0.25, 0.3) is 20.0 Å². The Bertz CT molecular complexity index is 943. The molecule has 28 heavy (non-hydrogen) atoms. The van der Waals surface area contributed by atoms with Crippen molar-refractivity contribution in [2.75, 3.05) is 12.8 Å². The molecule has 0 saturated heterocycles. The molecule has 0 aliphatic heterocycles. The van der Waals surface area contributed by atoms with Crippen molar-refractivity contribution in [2.45, 2.75) is 22.4 Å². The van der Waals surface area contributed by atoms with Crippen molar-refractivity contribution in [2.24, 2.45) is 0 Å². The lowest BCUT2D eigenvalue weighted by Crippen LogP contribution is -2.65. The summed E-state index contributed by atoms with van der Waals surface area (Å²) in [7, 11) is -19.8. The van der Waals surface area contributed by atoms with Gasteiger partial charge in [-0.1, -0.05) is 0 Å². The Morgan fingerprint density at radius 2 is 1.18 bits per heavy atom. The van der Waals surface area contributed by atoms with E-state index in [1.54, 1.807) is 0 Å². The zero-order valence-electron chi connectivity index (χ0n) is 12.8. The van der Waals surface area contributed by atoms with Gasteiger partial charge in [-0.2, -0.15) is 35.1 Å². The van der Waals surface area contributed by atoms with E-state index >= 15 is 0 Å². The minimum atomic E-state index is -7.43. The van der Waals surface area contributed by atoms with Gasteiger partial charge in [-0.25, -0.2) is 34.8 Å². The average Bonchev–Trinajstić information content (AvgIpc) is 2.41. The van der Waals surface area contributed by atoms with Crippen LogP contribution in [0.15, 0.2) is 0 Å². The molecule has 0 rings (SSSR count). The van der Waals surface area contributed by atoms with Crippen LogP contribution in [-0.2, 0) is 34.9 Å². The van der Waals surface area contributed by atoms with Crippen LogP contribution in [0.4, 0.5) is 35.1 Å². The van der Waals surface area contributed by atoms with Crippen LogP contribution in [0.3, 0.4) is 0 Å². The maximum absolute atomic E-state index is 13.5. The monoisotopic (exact) mass is 496 g/mol. The Balaban J connectivity index is 6.20. The highest BCUT2D eigenvalue weighted by atomic mass is 32.3. The third-order valence-electron chi connectivity index (χ3n) is 2.46. The molecule has 0 aromatic heterocycles. The number of carboxylic acids is 1. The number of halogens is 8. The summed E-state index contributed by atoms with van der Waals surface area (Å²) in [6.45, 7) is -2.80. The molecule has 0 saturated carbocycles. The number of carboxylic acid groups (broad SMARTS) is 1. The van der Waals surface area contributed by atoms with E-state index in [4.69, 9.17) is 5.11 Å². The second-order valence-corrected chi connectivity index (χ2v) is 10.3. The van der Waals surface area contributed by atoms with Gasteiger partial charge in [-0.3, -0.25) is 0 Å². The van der Waals surface area contributed by atoms with Crippen LogP contribution in [0.2, 0.25) is 0 Å². The first kappa shape index (κ1) is 26.7. The van der Waals surface area contributed by atoms with Gasteiger partial charge in [0.15, 0.2) is 0 Å². The van der Waals surface area contributed by atoms with Crippen LogP contribution in [0.25, 0.3) is 0 Å². The molecule has 3 N–H and O–H groups in total. The average molecular weight is 496 g/mol. The highest BCUT2D eigenvalue weighted by Crippen LogP contribution is 2.50. The Morgan fingerprint density at radius 1 is 0.821 bits per heavy atom. The van der Waals surface area contributed by atoms with Gasteiger partial charge in [0.2, 0.25) is 10.0 Å². The van der Waals surface area contributed by atoms with Crippen LogP contribution in [0.1, 0.15) is 0 Å². The molecule has 168 valence electrons. The summed E-state index contributed by atoms with van der Waals surface area (Å²) >= 11 is 0. The topological polar surface area (TPSA) is 164 Å². The Hall–Kier alpha value is -1.32. The fourth-order valence-electron chi connectivity index (χ4n) is 1.11. The first-order valence-corrected chi connectivity index (χ1v) is 10.7. The minimum absolute atomic E-state index is 0.0566. The van der Waals surface area contributed by atoms with Crippen LogP contribution in [0.5, 0.6) is 0 Å². The molecule has 21 heteroatoms. The largest absolute Gasteiger partial charge is 0.477 e. The van der Waals surface area contributed by atoms with E-state index in [1.165, 1.54) is 0 Å². The van der Waals surface area contributed by atoms with Crippen LogP contribution in [0, 0.1) is 0 Å². The van der Waals surface area contributed by atoms with Gasteiger partial charge in [0.1, 0.15) is 0 Å². The van der Waals surface area contributed by atoms with E-state index in [0.717, 1.165) is 0 Å². The number of hydrogen-bond donors (Lipinski definition) is 3. The number of aliphatic carboxylic acids is 1. The van der Waals surface area contributed by atoms with Gasteiger partial charge in [0, 0.05) is 0 Å². The van der Waals surface area contributed by atoms with Gasteiger partial charge >= 0.3 is 28.3 Å². The summed E-state index contributed by atoms with van der Waals surface area (Å²) in [4.78, 5) is 10.0. The third kappa shape index (κ3) is 4.80. The van der Waals surface area contributed by atoms with Crippen molar-refractivity contribution in [1.29, 1.82) is 0 Å². The predicted octanol–water partition coefficient (Wildman–Crippen LogP) is -0.674. The lowest BCUT2D eigenvalue weighted by molar-refractivity contribution is -0.244. The summed E-state index contributed by atoms with van der Waals surface area (Å²) in [5.74, 6) is -15.7. The maximum Gasteiger partial charge on any atom is 0.429 e. The van der Waals surface area contributed by atoms with Crippen molar-refractivity contribution < 1.29 is 70.3 Å². The van der Waals surface area contributed by atoms with Gasteiger partial charge in [-0.15, -0.1) is 4.13 Å². The number of alkyl halides is 8. The van der Waals surface area contributed by atoms with Crippen LogP contribution < -0.4 is 8.85 Å². The third-order valence-corrected chi connectivity index (χ3v) is 6.94. The van der Waals surface area contributed by atoms with E-state index < -0.39 is 64.9 Å². The summed E-state index contributed by atoms with van der Waals surface area (Å²) in [5.41, 5.74) is 0. The molecule has 0 aromatic rings. The number of nitrogens with one attached hydrogen (secondary N) is 2. The molecule has 0 amide bonds. The van der Waals surface area contributed by atoms with Crippen molar-refractivity contribution in [3.05, 3.63) is 0 Å². The Kier molecular flexibility index (Phi) is 6.84. The van der Waals surface area contributed by atoms with Crippen LogP contribution >= 0.6 is 0 Å². The Morgan fingerprint density at radius 3 is 1.50 bits per heavy atom. The predicted molar refractivity (Wildman–Crippen MR) is 71.2 cm³/mol. The van der Waals surface area contributed by atoms with Crippen molar-refractivity contribution in [3.63, 3.8) is 0 Å². The SMILES string of the molecule is CS(=O)(=O)NS(=O)(=O)C(F)(F)C(F)(F)C(F)(F)S(=O)(=O)NCC(F)(F)C(=O)O. The summed E-state index contributed by atoms with van der Waals surface area (Å²) in [5, 5.41) is -6.30. The van der Waals surface area contributed by atoms with E-state index in [1.807, 2.05) is 0 Å². The lowest BCUT2D eigenvalue weighted by Gasteiger charge is -2.31. The molecule has 0 bridgehead atoms. The summed E-state index contributed by atoms with van der Waals surface area (Å²) < 4.78 is 172. The van der Waals surface area contributed by atoms with Crippen molar-refractivity contribution in [1.82, 2.24) is 8.85 Å². The zero-order valence-corrected chi connectivity index (χ0v) is 15.2. The van der Waals surface area contributed by atoms with Gasteiger partial charge < -0.3 is 5.11 Å². The lowest BCUT2D eigenvalue weighted by atomic mass is 10.3. The minimum Gasteiger partial charge on any atom is -0.477 e. The highest BCUT2D eigenvalue weighted by Gasteiger charge is 2.82. The van der Waals surface area contributed by atoms with E-state index in [9.17, 15) is 65.2 Å². The molecule has 0 heterocycles. The van der Waals surface area contributed by atoms with Gasteiger partial charge in [0.05, 0.1) is 12.8 Å². The smallest absolute Gasteiger partial charge is 0.429 e. The molecular weight excluding hydrogens is 488 g/mol. The summed E-state index contributed by atoms with van der Waals surface area (Å²) in [6.07, 6.45) is -0.163. The van der Waals surface area contributed by atoms with Crippen LogP contribution in [-0.4, -0.2) is 71.5 Å². The van der Waals surface area contributed by atoms with E-state index in [-0.39, 0.29) is 15.1 Å². The number of rotatable bonds is 10. The molecule has 0 fully saturated rings. The normalized spacial score (nSPS) is 15.5. The number of hydrogen-bond acceptors (Lipinski definition) is 7. The molecule has 0 spiro atoms. The molecule has 0 unspecified atom stereocenters. The fraction of sp³-hybridized carbons (Fsp3) is 0.857. The van der Waals surface area contributed by atoms with Crippen molar-refractivity contribution >= 4 is 36.0 Å². The molecule has 0 radical (unpaired) electrons. The quantitative estimate of drug-likeness (QED) is 0.335. The second-order valence-electron chi connectivity index (χ2n) is 4.80. The molecule has 0 aliphatic rings. The van der Waals surface area contributed by atoms with E-state index in [0.29, 0.717) is 0 Å². The number of sulfonamides is 3. The van der Waals surface area contributed by atoms with Crippen molar-refractivity contribution in [3.8, 4) is 0 Å². The molecular formula is C7H8F8N2O8S3. The highest BCUT2D eigenvalue weighted by molar-refractivity contribution is 8.05. The number of carbonyl (C=O) groups is 1. The zero-order chi connectivity index (χ0) is 23.2. The molecule has 0 atom stereocenters. The maximum atomic E-state index is 13.5. The van der Waals surface area contributed by atoms with E-state index in [2.05, 4.69) is 0 Å². The molecule has 0 aliphatic carbocycles.